The fraction of sp³-hybridized carbons (Fsp3) is 0.353. The quantitative estimate of drug-likeness (QED) is 0.394. The lowest BCUT2D eigenvalue weighted by Crippen LogP contribution is -2.51. The standard InChI is InChI=1S/C17H20F2N6O.HI/c18-15(19)26-14-5-2-1-4-13(14)12-23-16(20)24-8-10-25(11-9-24)17-21-6-3-7-22-17;/h1-7,15H,8-12H2,(H2,20,23);1H. The second-order valence-electron chi connectivity index (χ2n) is 5.68. The fourth-order valence-corrected chi connectivity index (χ4v) is 2.70. The van der Waals surface area contributed by atoms with Gasteiger partial charge < -0.3 is 20.3 Å². The van der Waals surface area contributed by atoms with Crippen molar-refractivity contribution in [1.29, 1.82) is 0 Å². The maximum Gasteiger partial charge on any atom is 0.387 e. The number of anilines is 1. The number of nitrogens with zero attached hydrogens (tertiary/aromatic N) is 5. The van der Waals surface area contributed by atoms with Crippen molar-refractivity contribution in [2.45, 2.75) is 13.2 Å². The summed E-state index contributed by atoms with van der Waals surface area (Å²) in [4.78, 5) is 16.8. The van der Waals surface area contributed by atoms with Crippen LogP contribution in [0, 0.1) is 0 Å². The molecule has 27 heavy (non-hydrogen) atoms. The molecule has 10 heteroatoms. The first kappa shape index (κ1) is 21.1. The molecule has 1 saturated heterocycles. The number of para-hydroxylation sites is 1. The van der Waals surface area contributed by atoms with Crippen molar-refractivity contribution in [2.75, 3.05) is 31.1 Å². The van der Waals surface area contributed by atoms with Crippen LogP contribution in [0.5, 0.6) is 5.75 Å². The number of rotatable bonds is 5. The first-order valence-electron chi connectivity index (χ1n) is 8.23. The van der Waals surface area contributed by atoms with Crippen LogP contribution in [-0.2, 0) is 6.54 Å². The van der Waals surface area contributed by atoms with Crippen LogP contribution in [0.15, 0.2) is 47.7 Å². The Kier molecular flexibility index (Phi) is 7.95. The van der Waals surface area contributed by atoms with Gasteiger partial charge >= 0.3 is 6.61 Å². The molecule has 0 radical (unpaired) electrons. The molecule has 1 aromatic carbocycles. The number of nitrogens with two attached hydrogens (primary N) is 1. The fourth-order valence-electron chi connectivity index (χ4n) is 2.70. The van der Waals surface area contributed by atoms with Crippen LogP contribution < -0.4 is 15.4 Å². The van der Waals surface area contributed by atoms with Crippen molar-refractivity contribution in [3.05, 3.63) is 48.3 Å². The Hall–Kier alpha value is -2.24. The number of halogens is 3. The zero-order chi connectivity index (χ0) is 18.4. The lowest BCUT2D eigenvalue weighted by Gasteiger charge is -2.35. The largest absolute Gasteiger partial charge is 0.434 e. The van der Waals surface area contributed by atoms with E-state index in [4.69, 9.17) is 5.73 Å². The number of ether oxygens (including phenoxy) is 1. The van der Waals surface area contributed by atoms with Gasteiger partial charge in [-0.05, 0) is 12.1 Å². The van der Waals surface area contributed by atoms with Crippen LogP contribution in [0.25, 0.3) is 0 Å². The molecular weight excluding hydrogens is 469 g/mol. The number of benzene rings is 1. The molecule has 1 aliphatic heterocycles. The van der Waals surface area contributed by atoms with E-state index >= 15 is 0 Å². The van der Waals surface area contributed by atoms with Crippen LogP contribution in [-0.4, -0.2) is 53.6 Å². The number of piperazine rings is 1. The van der Waals surface area contributed by atoms with Gasteiger partial charge in [-0.25, -0.2) is 15.0 Å². The van der Waals surface area contributed by atoms with Gasteiger partial charge in [0.1, 0.15) is 5.75 Å². The first-order valence-corrected chi connectivity index (χ1v) is 8.23. The summed E-state index contributed by atoms with van der Waals surface area (Å²) in [6.45, 7) is 0.129. The molecule has 7 nitrogen and oxygen atoms in total. The van der Waals surface area contributed by atoms with Crippen LogP contribution in [0.1, 0.15) is 5.56 Å². The molecule has 0 bridgehead atoms. The van der Waals surface area contributed by atoms with Gasteiger partial charge in [0.05, 0.1) is 6.54 Å². The minimum absolute atomic E-state index is 0. The van der Waals surface area contributed by atoms with E-state index in [1.807, 2.05) is 4.90 Å². The van der Waals surface area contributed by atoms with Gasteiger partial charge in [0.15, 0.2) is 5.96 Å². The zero-order valence-corrected chi connectivity index (χ0v) is 16.9. The van der Waals surface area contributed by atoms with Crippen molar-refractivity contribution in [3.63, 3.8) is 0 Å². The Bertz CT molecular complexity index is 741. The molecule has 0 aliphatic carbocycles. The summed E-state index contributed by atoms with van der Waals surface area (Å²) in [5, 5.41) is 0. The van der Waals surface area contributed by atoms with Crippen molar-refractivity contribution in [2.24, 2.45) is 10.7 Å². The molecule has 3 rings (SSSR count). The van der Waals surface area contributed by atoms with Crippen molar-refractivity contribution >= 4 is 35.9 Å². The average molecular weight is 490 g/mol. The lowest BCUT2D eigenvalue weighted by atomic mass is 10.2. The topological polar surface area (TPSA) is 79.9 Å². The average Bonchev–Trinajstić information content (AvgIpc) is 2.67. The number of alkyl halides is 2. The predicted molar refractivity (Wildman–Crippen MR) is 110 cm³/mol. The molecule has 2 heterocycles. The molecule has 0 spiro atoms. The minimum atomic E-state index is -2.87. The molecule has 2 N–H and O–H groups in total. The second kappa shape index (κ2) is 10.2. The summed E-state index contributed by atoms with van der Waals surface area (Å²) in [6.07, 6.45) is 3.42. The van der Waals surface area contributed by atoms with E-state index in [0.717, 1.165) is 13.1 Å². The van der Waals surface area contributed by atoms with Crippen molar-refractivity contribution in [3.8, 4) is 5.75 Å². The smallest absolute Gasteiger partial charge is 0.387 e. The van der Waals surface area contributed by atoms with Gasteiger partial charge in [-0.2, -0.15) is 8.78 Å². The molecule has 1 aliphatic rings. The third kappa shape index (κ3) is 5.88. The summed E-state index contributed by atoms with van der Waals surface area (Å²) in [6, 6.07) is 8.35. The third-order valence-electron chi connectivity index (χ3n) is 4.04. The van der Waals surface area contributed by atoms with E-state index in [1.54, 1.807) is 36.7 Å². The number of hydrogen-bond acceptors (Lipinski definition) is 5. The monoisotopic (exact) mass is 490 g/mol. The predicted octanol–water partition coefficient (Wildman–Crippen LogP) is 2.33. The third-order valence-corrected chi connectivity index (χ3v) is 4.04. The van der Waals surface area contributed by atoms with Crippen molar-refractivity contribution in [1.82, 2.24) is 14.9 Å². The van der Waals surface area contributed by atoms with E-state index < -0.39 is 6.61 Å². The van der Waals surface area contributed by atoms with Gasteiger partial charge in [-0.3, -0.25) is 0 Å². The van der Waals surface area contributed by atoms with Crippen molar-refractivity contribution < 1.29 is 13.5 Å². The normalized spacial score (nSPS) is 14.9. The number of aromatic nitrogens is 2. The van der Waals surface area contributed by atoms with Crippen LogP contribution in [0.4, 0.5) is 14.7 Å². The van der Waals surface area contributed by atoms with E-state index in [9.17, 15) is 8.78 Å². The highest BCUT2D eigenvalue weighted by Crippen LogP contribution is 2.21. The summed E-state index contributed by atoms with van der Waals surface area (Å²) in [5.41, 5.74) is 6.63. The van der Waals surface area contributed by atoms with Gasteiger partial charge in [0.2, 0.25) is 5.95 Å². The van der Waals surface area contributed by atoms with Crippen LogP contribution >= 0.6 is 24.0 Å². The van der Waals surface area contributed by atoms with Crippen LogP contribution in [0.3, 0.4) is 0 Å². The van der Waals surface area contributed by atoms with E-state index in [1.165, 1.54) is 6.07 Å². The maximum absolute atomic E-state index is 12.5. The van der Waals surface area contributed by atoms with E-state index in [-0.39, 0.29) is 36.3 Å². The van der Waals surface area contributed by atoms with Gasteiger partial charge in [0.25, 0.3) is 0 Å². The Labute approximate surface area is 173 Å². The van der Waals surface area contributed by atoms with Gasteiger partial charge in [0, 0.05) is 44.1 Å². The van der Waals surface area contributed by atoms with Gasteiger partial charge in [-0.15, -0.1) is 24.0 Å². The molecule has 2 aromatic rings. The molecule has 0 amide bonds. The highest BCUT2D eigenvalue weighted by atomic mass is 127. The Balaban J connectivity index is 0.00000261. The minimum Gasteiger partial charge on any atom is -0.434 e. The molecule has 0 unspecified atom stereocenters. The highest BCUT2D eigenvalue weighted by Gasteiger charge is 2.20. The zero-order valence-electron chi connectivity index (χ0n) is 14.5. The Morgan fingerprint density at radius 3 is 2.44 bits per heavy atom. The summed E-state index contributed by atoms with van der Waals surface area (Å²) >= 11 is 0. The summed E-state index contributed by atoms with van der Waals surface area (Å²) < 4.78 is 29.4. The Morgan fingerprint density at radius 2 is 1.78 bits per heavy atom. The highest BCUT2D eigenvalue weighted by molar-refractivity contribution is 14.0. The molecule has 1 fully saturated rings. The summed E-state index contributed by atoms with van der Waals surface area (Å²) in [5.74, 6) is 1.19. The van der Waals surface area contributed by atoms with Gasteiger partial charge in [-0.1, -0.05) is 18.2 Å². The number of hydrogen-bond donors (Lipinski definition) is 1. The first-order chi connectivity index (χ1) is 12.6. The van der Waals surface area contributed by atoms with E-state index in [0.29, 0.717) is 30.6 Å². The number of aliphatic imine (C=N–C) groups is 1. The lowest BCUT2D eigenvalue weighted by molar-refractivity contribution is -0.0504. The molecular formula is C17H21F2IN6O. The summed E-state index contributed by atoms with van der Waals surface area (Å²) in [7, 11) is 0. The van der Waals surface area contributed by atoms with Crippen LogP contribution in [0.2, 0.25) is 0 Å². The second-order valence-corrected chi connectivity index (χ2v) is 5.68. The molecule has 0 atom stereocenters. The SMILES string of the molecule is I.NC(=NCc1ccccc1OC(F)F)N1CCN(c2ncccn2)CC1. The number of guanidine groups is 1. The molecule has 146 valence electrons. The Morgan fingerprint density at radius 1 is 1.11 bits per heavy atom. The molecule has 0 saturated carbocycles. The molecule has 1 aromatic heterocycles. The van der Waals surface area contributed by atoms with E-state index in [2.05, 4.69) is 24.6 Å². The maximum atomic E-state index is 12.5.